The summed E-state index contributed by atoms with van der Waals surface area (Å²) in [5, 5.41) is 3.04. The van der Waals surface area contributed by atoms with Crippen molar-refractivity contribution in [3.05, 3.63) is 69.8 Å². The Labute approximate surface area is 181 Å². The number of rotatable bonds is 3. The van der Waals surface area contributed by atoms with Gasteiger partial charge in [0, 0.05) is 11.8 Å². The van der Waals surface area contributed by atoms with Crippen molar-refractivity contribution in [2.75, 3.05) is 11.6 Å². The van der Waals surface area contributed by atoms with Crippen molar-refractivity contribution in [1.29, 1.82) is 0 Å². The van der Waals surface area contributed by atoms with E-state index in [1.54, 1.807) is 6.07 Å². The number of nitrogens with one attached hydrogen (secondary N) is 1. The summed E-state index contributed by atoms with van der Waals surface area (Å²) in [6, 6.07) is 11.3. The lowest BCUT2D eigenvalue weighted by Gasteiger charge is -2.32. The molecule has 0 radical (unpaired) electrons. The molecule has 3 aromatic rings. The molecule has 1 N–H and O–H groups in total. The molecule has 1 unspecified atom stereocenters. The Bertz CT molecular complexity index is 1320. The van der Waals surface area contributed by atoms with Crippen LogP contribution in [0.15, 0.2) is 53.4 Å². The molecule has 0 aliphatic carbocycles. The minimum absolute atomic E-state index is 0.0817. The third-order valence-corrected chi connectivity index (χ3v) is 7.64. The van der Waals surface area contributed by atoms with E-state index in [-0.39, 0.29) is 14.8 Å². The Balaban J connectivity index is 1.88. The van der Waals surface area contributed by atoms with Gasteiger partial charge in [-0.05, 0) is 42.3 Å². The molecule has 9 heteroatoms. The normalized spacial score (nSPS) is 18.8. The van der Waals surface area contributed by atoms with Gasteiger partial charge in [0.25, 0.3) is 0 Å². The average molecular weight is 464 g/mol. The number of ketones is 1. The summed E-state index contributed by atoms with van der Waals surface area (Å²) in [7, 11) is -3.43. The molecule has 2 heterocycles. The Morgan fingerprint density at radius 2 is 1.73 bits per heavy atom. The highest BCUT2D eigenvalue weighted by Gasteiger charge is 2.49. The van der Waals surface area contributed by atoms with Crippen molar-refractivity contribution >= 4 is 49.5 Å². The minimum atomic E-state index is -3.43. The van der Waals surface area contributed by atoms with Crippen LogP contribution in [0.3, 0.4) is 0 Å². The first-order valence-electron chi connectivity index (χ1n) is 8.78. The van der Waals surface area contributed by atoms with E-state index in [2.05, 4.69) is 5.32 Å². The molecule has 2 aromatic carbocycles. The number of fused-ring (bicyclic) bond motifs is 1. The molecule has 1 atom stereocenters. The summed E-state index contributed by atoms with van der Waals surface area (Å²) in [6.07, 6.45) is 1.08. The number of hydrogen-bond acceptors (Lipinski definition) is 5. The first kappa shape index (κ1) is 20.7. The van der Waals surface area contributed by atoms with E-state index in [4.69, 9.17) is 11.6 Å². The van der Waals surface area contributed by atoms with Crippen molar-refractivity contribution < 1.29 is 22.4 Å². The molecule has 1 amide bonds. The topological polar surface area (TPSA) is 80.3 Å². The van der Waals surface area contributed by atoms with Crippen molar-refractivity contribution in [3.63, 3.8) is 0 Å². The number of amides is 1. The average Bonchev–Trinajstić information content (AvgIpc) is 3.01. The molecule has 1 aliphatic rings. The maximum atomic E-state index is 13.8. The quantitative estimate of drug-likeness (QED) is 0.571. The van der Waals surface area contributed by atoms with E-state index in [1.807, 2.05) is 0 Å². The lowest BCUT2D eigenvalue weighted by atomic mass is 9.73. The fourth-order valence-electron chi connectivity index (χ4n) is 3.49. The second kappa shape index (κ2) is 7.01. The molecule has 30 heavy (non-hydrogen) atoms. The third-order valence-electron chi connectivity index (χ3n) is 5.20. The molecule has 0 saturated carbocycles. The molecule has 0 bridgehead atoms. The summed E-state index contributed by atoms with van der Waals surface area (Å²) in [6.45, 7) is 1.48. The smallest absolute Gasteiger partial charge is 0.243 e. The lowest BCUT2D eigenvalue weighted by molar-refractivity contribution is -0.119. The van der Waals surface area contributed by atoms with Crippen LogP contribution in [0.5, 0.6) is 0 Å². The van der Waals surface area contributed by atoms with Gasteiger partial charge in [0.2, 0.25) is 5.91 Å². The minimum Gasteiger partial charge on any atom is -0.316 e. The Morgan fingerprint density at radius 3 is 2.33 bits per heavy atom. The largest absolute Gasteiger partial charge is 0.316 e. The highest BCUT2D eigenvalue weighted by Crippen LogP contribution is 2.49. The molecule has 4 rings (SSSR count). The van der Waals surface area contributed by atoms with Gasteiger partial charge in [0.15, 0.2) is 15.6 Å². The van der Waals surface area contributed by atoms with Crippen LogP contribution in [0.25, 0.3) is 11.1 Å². The Kier molecular flexibility index (Phi) is 4.84. The predicted octanol–water partition coefficient (Wildman–Crippen LogP) is 4.70. The summed E-state index contributed by atoms with van der Waals surface area (Å²) in [5.41, 5.74) is -0.257. The number of hydrogen-bond donors (Lipinski definition) is 1. The molecule has 1 aromatic heterocycles. The molecule has 154 valence electrons. The Hall–Kier alpha value is -2.55. The second-order valence-corrected chi connectivity index (χ2v) is 10.8. The van der Waals surface area contributed by atoms with Crippen LogP contribution >= 0.6 is 22.9 Å². The molecular weight excluding hydrogens is 449 g/mol. The number of sulfone groups is 1. The number of carbonyl (C=O) groups is 2. The first-order chi connectivity index (χ1) is 14.0. The standard InChI is InChI=1S/C21H15ClFNO4S2/c1-21(12-6-8-14(9-7-12)30(2,27)28)17(25)16-15(11-4-3-5-13(23)10-11)18(22)29-19(16)24-20(21)26/h3-10H,1-2H3,(H,24,26). The number of anilines is 1. The predicted molar refractivity (Wildman–Crippen MR) is 115 cm³/mol. The van der Waals surface area contributed by atoms with Crippen LogP contribution in [-0.2, 0) is 20.0 Å². The molecule has 5 nitrogen and oxygen atoms in total. The summed E-state index contributed by atoms with van der Waals surface area (Å²) in [5.74, 6) is -1.51. The number of carbonyl (C=O) groups excluding carboxylic acids is 2. The van der Waals surface area contributed by atoms with Gasteiger partial charge in [-0.25, -0.2) is 12.8 Å². The first-order valence-corrected chi connectivity index (χ1v) is 11.9. The SMILES string of the molecule is CC1(c2ccc(S(C)(=O)=O)cc2)C(=O)Nc2sc(Cl)c(-c3cccc(F)c3)c2C1=O. The summed E-state index contributed by atoms with van der Waals surface area (Å²) < 4.78 is 37.5. The van der Waals surface area contributed by atoms with E-state index in [1.165, 1.54) is 49.4 Å². The number of halogens is 2. The van der Waals surface area contributed by atoms with Crippen LogP contribution in [0, 0.1) is 5.82 Å². The van der Waals surface area contributed by atoms with E-state index in [0.29, 0.717) is 21.7 Å². The lowest BCUT2D eigenvalue weighted by Crippen LogP contribution is -2.48. The zero-order valence-electron chi connectivity index (χ0n) is 15.8. The number of thiophene rings is 1. The van der Waals surface area contributed by atoms with E-state index >= 15 is 0 Å². The van der Waals surface area contributed by atoms with Crippen molar-refractivity contribution in [1.82, 2.24) is 0 Å². The zero-order valence-corrected chi connectivity index (χ0v) is 18.2. The van der Waals surface area contributed by atoms with Crippen LogP contribution in [0.4, 0.5) is 9.39 Å². The molecule has 0 fully saturated rings. The zero-order chi connectivity index (χ0) is 21.8. The van der Waals surface area contributed by atoms with Gasteiger partial charge < -0.3 is 5.32 Å². The van der Waals surface area contributed by atoms with Crippen LogP contribution < -0.4 is 5.32 Å². The van der Waals surface area contributed by atoms with E-state index in [9.17, 15) is 22.4 Å². The number of benzene rings is 2. The van der Waals surface area contributed by atoms with Gasteiger partial charge in [-0.15, -0.1) is 11.3 Å². The van der Waals surface area contributed by atoms with Gasteiger partial charge in [-0.1, -0.05) is 35.9 Å². The van der Waals surface area contributed by atoms with Crippen molar-refractivity contribution in [2.45, 2.75) is 17.2 Å². The van der Waals surface area contributed by atoms with Crippen LogP contribution in [-0.4, -0.2) is 26.4 Å². The summed E-state index contributed by atoms with van der Waals surface area (Å²) >= 11 is 7.41. The molecule has 0 saturated heterocycles. The van der Waals surface area contributed by atoms with Gasteiger partial charge in [-0.3, -0.25) is 9.59 Å². The van der Waals surface area contributed by atoms with Gasteiger partial charge in [0.1, 0.15) is 20.6 Å². The highest BCUT2D eigenvalue weighted by molar-refractivity contribution is 7.90. The number of Topliss-reactive ketones (excluding diaryl/α,β-unsaturated/α-hetero) is 1. The fraction of sp³-hybridized carbons (Fsp3) is 0.143. The van der Waals surface area contributed by atoms with Crippen molar-refractivity contribution in [2.24, 2.45) is 0 Å². The van der Waals surface area contributed by atoms with E-state index < -0.39 is 32.8 Å². The third kappa shape index (κ3) is 3.15. The van der Waals surface area contributed by atoms with Gasteiger partial charge >= 0.3 is 0 Å². The molecule has 0 spiro atoms. The van der Waals surface area contributed by atoms with E-state index in [0.717, 1.165) is 17.6 Å². The van der Waals surface area contributed by atoms with Gasteiger partial charge in [-0.2, -0.15) is 0 Å². The van der Waals surface area contributed by atoms with Crippen LogP contribution in [0.2, 0.25) is 4.34 Å². The maximum Gasteiger partial charge on any atom is 0.243 e. The maximum absolute atomic E-state index is 13.8. The Morgan fingerprint density at radius 1 is 1.07 bits per heavy atom. The highest BCUT2D eigenvalue weighted by atomic mass is 35.5. The summed E-state index contributed by atoms with van der Waals surface area (Å²) in [4.78, 5) is 26.6. The van der Waals surface area contributed by atoms with Crippen LogP contribution in [0.1, 0.15) is 22.8 Å². The van der Waals surface area contributed by atoms with Gasteiger partial charge in [0.05, 0.1) is 10.5 Å². The monoisotopic (exact) mass is 463 g/mol. The second-order valence-electron chi connectivity index (χ2n) is 7.17. The molecular formula is C21H15ClFNO4S2. The molecule has 1 aliphatic heterocycles. The fourth-order valence-corrected chi connectivity index (χ4v) is 5.50. The van der Waals surface area contributed by atoms with Crippen molar-refractivity contribution in [3.8, 4) is 11.1 Å².